The van der Waals surface area contributed by atoms with E-state index in [0.717, 1.165) is 42.6 Å². The number of aryl methyl sites for hydroxylation is 2. The molecule has 1 amide bonds. The quantitative estimate of drug-likeness (QED) is 0.627. The number of rotatable bonds is 9. The van der Waals surface area contributed by atoms with E-state index in [-0.39, 0.29) is 5.91 Å². The van der Waals surface area contributed by atoms with Crippen LogP contribution in [-0.2, 0) is 11.3 Å². The lowest BCUT2D eigenvalue weighted by Crippen LogP contribution is -2.32. The summed E-state index contributed by atoms with van der Waals surface area (Å²) in [5.41, 5.74) is 3.51. The third kappa shape index (κ3) is 5.32. The van der Waals surface area contributed by atoms with Crippen LogP contribution in [0.3, 0.4) is 0 Å². The molecule has 0 aliphatic heterocycles. The molecule has 1 saturated carbocycles. The zero-order chi connectivity index (χ0) is 18.4. The van der Waals surface area contributed by atoms with Crippen LogP contribution in [0.15, 0.2) is 42.7 Å². The SMILES string of the molecule is Cc1ccc(C)c(OCCCCC(=O)N(Cc2ccncc2)C2CC2)c1. The normalized spacial score (nSPS) is 13.5. The first kappa shape index (κ1) is 18.4. The molecule has 0 atom stereocenters. The summed E-state index contributed by atoms with van der Waals surface area (Å²) >= 11 is 0. The van der Waals surface area contributed by atoms with Gasteiger partial charge in [0, 0.05) is 31.4 Å². The Kier molecular flexibility index (Phi) is 6.26. The van der Waals surface area contributed by atoms with Crippen LogP contribution in [0.4, 0.5) is 0 Å². The van der Waals surface area contributed by atoms with Crippen LogP contribution in [0.1, 0.15) is 48.8 Å². The Hall–Kier alpha value is -2.36. The van der Waals surface area contributed by atoms with Crippen molar-refractivity contribution in [2.75, 3.05) is 6.61 Å². The van der Waals surface area contributed by atoms with Crippen molar-refractivity contribution in [2.45, 2.75) is 58.5 Å². The van der Waals surface area contributed by atoms with Crippen molar-refractivity contribution < 1.29 is 9.53 Å². The lowest BCUT2D eigenvalue weighted by molar-refractivity contribution is -0.132. The van der Waals surface area contributed by atoms with Crippen molar-refractivity contribution >= 4 is 5.91 Å². The van der Waals surface area contributed by atoms with Gasteiger partial charge in [0.25, 0.3) is 0 Å². The van der Waals surface area contributed by atoms with Gasteiger partial charge in [-0.15, -0.1) is 0 Å². The van der Waals surface area contributed by atoms with E-state index < -0.39 is 0 Å². The molecule has 1 fully saturated rings. The average Bonchev–Trinajstić information content (AvgIpc) is 3.48. The van der Waals surface area contributed by atoms with E-state index in [1.165, 1.54) is 5.56 Å². The molecule has 0 spiro atoms. The number of pyridine rings is 1. The molecular weight excluding hydrogens is 324 g/mol. The fraction of sp³-hybridized carbons (Fsp3) is 0.455. The second kappa shape index (κ2) is 8.84. The molecule has 1 aliphatic carbocycles. The molecule has 1 aromatic carbocycles. The molecular formula is C22H28N2O2. The van der Waals surface area contributed by atoms with E-state index in [0.29, 0.717) is 25.6 Å². The Morgan fingerprint density at radius 2 is 1.92 bits per heavy atom. The highest BCUT2D eigenvalue weighted by Crippen LogP contribution is 2.29. The van der Waals surface area contributed by atoms with Crippen LogP contribution >= 0.6 is 0 Å². The topological polar surface area (TPSA) is 42.4 Å². The monoisotopic (exact) mass is 352 g/mol. The van der Waals surface area contributed by atoms with Gasteiger partial charge < -0.3 is 9.64 Å². The summed E-state index contributed by atoms with van der Waals surface area (Å²) < 4.78 is 5.88. The van der Waals surface area contributed by atoms with Gasteiger partial charge in [0.1, 0.15) is 5.75 Å². The maximum atomic E-state index is 12.6. The summed E-state index contributed by atoms with van der Waals surface area (Å²) in [6.45, 7) is 5.49. The summed E-state index contributed by atoms with van der Waals surface area (Å²) in [6.07, 6.45) is 8.19. The van der Waals surface area contributed by atoms with Gasteiger partial charge in [-0.25, -0.2) is 0 Å². The number of hydrogen-bond donors (Lipinski definition) is 0. The predicted octanol–water partition coefficient (Wildman–Crippen LogP) is 4.44. The number of amides is 1. The number of unbranched alkanes of at least 4 members (excludes halogenated alkanes) is 1. The minimum absolute atomic E-state index is 0.260. The Balaban J connectivity index is 1.42. The molecule has 0 saturated heterocycles. The van der Waals surface area contributed by atoms with Gasteiger partial charge >= 0.3 is 0 Å². The third-order valence-corrected chi connectivity index (χ3v) is 4.80. The number of carbonyl (C=O) groups excluding carboxylic acids is 1. The number of carbonyl (C=O) groups is 1. The fourth-order valence-corrected chi connectivity index (χ4v) is 3.06. The number of nitrogens with zero attached hydrogens (tertiary/aromatic N) is 2. The van der Waals surface area contributed by atoms with Gasteiger partial charge in [0.05, 0.1) is 6.61 Å². The molecule has 26 heavy (non-hydrogen) atoms. The van der Waals surface area contributed by atoms with Crippen molar-refractivity contribution in [3.05, 3.63) is 59.4 Å². The first-order valence-electron chi connectivity index (χ1n) is 9.52. The lowest BCUT2D eigenvalue weighted by Gasteiger charge is -2.22. The highest BCUT2D eigenvalue weighted by Gasteiger charge is 2.32. The van der Waals surface area contributed by atoms with E-state index in [2.05, 4.69) is 37.0 Å². The second-order valence-corrected chi connectivity index (χ2v) is 7.18. The van der Waals surface area contributed by atoms with E-state index in [1.54, 1.807) is 12.4 Å². The third-order valence-electron chi connectivity index (χ3n) is 4.80. The van der Waals surface area contributed by atoms with Crippen molar-refractivity contribution in [1.29, 1.82) is 0 Å². The van der Waals surface area contributed by atoms with Crippen molar-refractivity contribution in [3.8, 4) is 5.75 Å². The number of aromatic nitrogens is 1. The molecule has 0 radical (unpaired) electrons. The number of hydrogen-bond acceptors (Lipinski definition) is 3. The summed E-state index contributed by atoms with van der Waals surface area (Å²) in [7, 11) is 0. The van der Waals surface area contributed by atoms with Crippen LogP contribution in [0.5, 0.6) is 5.75 Å². The predicted molar refractivity (Wildman–Crippen MR) is 103 cm³/mol. The summed E-state index contributed by atoms with van der Waals surface area (Å²) in [5.74, 6) is 1.21. The zero-order valence-corrected chi connectivity index (χ0v) is 15.8. The van der Waals surface area contributed by atoms with Gasteiger partial charge in [-0.1, -0.05) is 12.1 Å². The van der Waals surface area contributed by atoms with Gasteiger partial charge in [-0.3, -0.25) is 9.78 Å². The van der Waals surface area contributed by atoms with Crippen LogP contribution in [0.25, 0.3) is 0 Å². The molecule has 1 aliphatic rings. The van der Waals surface area contributed by atoms with Gasteiger partial charge in [0.2, 0.25) is 5.91 Å². The van der Waals surface area contributed by atoms with Crippen molar-refractivity contribution in [3.63, 3.8) is 0 Å². The molecule has 1 aromatic heterocycles. The van der Waals surface area contributed by atoms with E-state index in [9.17, 15) is 4.79 Å². The fourth-order valence-electron chi connectivity index (χ4n) is 3.06. The number of ether oxygens (including phenoxy) is 1. The summed E-state index contributed by atoms with van der Waals surface area (Å²) in [4.78, 5) is 18.7. The Labute approximate surface area is 156 Å². The molecule has 4 heteroatoms. The molecule has 138 valence electrons. The van der Waals surface area contributed by atoms with Gasteiger partial charge in [-0.05, 0) is 74.4 Å². The van der Waals surface area contributed by atoms with Crippen LogP contribution < -0.4 is 4.74 Å². The van der Waals surface area contributed by atoms with Crippen LogP contribution in [-0.4, -0.2) is 28.4 Å². The highest BCUT2D eigenvalue weighted by molar-refractivity contribution is 5.76. The molecule has 1 heterocycles. The molecule has 4 nitrogen and oxygen atoms in total. The first-order chi connectivity index (χ1) is 12.6. The average molecular weight is 352 g/mol. The standard InChI is InChI=1S/C22H28N2O2/c1-17-6-7-18(2)21(15-17)26-14-4-3-5-22(25)24(20-8-9-20)16-19-10-12-23-13-11-19/h6-7,10-13,15,20H,3-5,8-9,14,16H2,1-2H3. The molecule has 0 unspecified atom stereocenters. The maximum Gasteiger partial charge on any atom is 0.223 e. The summed E-state index contributed by atoms with van der Waals surface area (Å²) in [5, 5.41) is 0. The van der Waals surface area contributed by atoms with Crippen molar-refractivity contribution in [1.82, 2.24) is 9.88 Å². The van der Waals surface area contributed by atoms with Gasteiger partial charge in [0.15, 0.2) is 0 Å². The number of benzene rings is 1. The molecule has 3 rings (SSSR count). The minimum atomic E-state index is 0.260. The largest absolute Gasteiger partial charge is 0.493 e. The second-order valence-electron chi connectivity index (χ2n) is 7.18. The van der Waals surface area contributed by atoms with Crippen LogP contribution in [0, 0.1) is 13.8 Å². The molecule has 2 aromatic rings. The van der Waals surface area contributed by atoms with Crippen LogP contribution in [0.2, 0.25) is 0 Å². The Morgan fingerprint density at radius 1 is 1.15 bits per heavy atom. The maximum absolute atomic E-state index is 12.6. The lowest BCUT2D eigenvalue weighted by atomic mass is 10.1. The molecule has 0 bridgehead atoms. The van der Waals surface area contributed by atoms with E-state index in [1.807, 2.05) is 17.0 Å². The van der Waals surface area contributed by atoms with E-state index >= 15 is 0 Å². The Morgan fingerprint density at radius 3 is 2.65 bits per heavy atom. The Bertz CT molecular complexity index is 726. The first-order valence-corrected chi connectivity index (χ1v) is 9.52. The van der Waals surface area contributed by atoms with Crippen molar-refractivity contribution in [2.24, 2.45) is 0 Å². The zero-order valence-electron chi connectivity index (χ0n) is 15.8. The minimum Gasteiger partial charge on any atom is -0.493 e. The molecule has 0 N–H and O–H groups in total. The summed E-state index contributed by atoms with van der Waals surface area (Å²) in [6, 6.07) is 10.7. The smallest absolute Gasteiger partial charge is 0.223 e. The highest BCUT2D eigenvalue weighted by atomic mass is 16.5. The van der Waals surface area contributed by atoms with E-state index in [4.69, 9.17) is 4.74 Å². The van der Waals surface area contributed by atoms with Gasteiger partial charge in [-0.2, -0.15) is 0 Å².